The van der Waals surface area contributed by atoms with Gasteiger partial charge in [-0.25, -0.2) is 8.42 Å². The van der Waals surface area contributed by atoms with Crippen LogP contribution < -0.4 is 0 Å². The highest BCUT2D eigenvalue weighted by molar-refractivity contribution is 8.03. The van der Waals surface area contributed by atoms with E-state index in [1.807, 2.05) is 0 Å². The van der Waals surface area contributed by atoms with Crippen molar-refractivity contribution in [3.05, 3.63) is 0 Å². The number of ether oxygens (including phenoxy) is 1. The van der Waals surface area contributed by atoms with E-state index in [0.717, 1.165) is 0 Å². The zero-order valence-corrected chi connectivity index (χ0v) is 9.36. The van der Waals surface area contributed by atoms with Crippen molar-refractivity contribution in [2.75, 3.05) is 25.3 Å². The van der Waals surface area contributed by atoms with Gasteiger partial charge >= 0.3 is 5.97 Å². The summed E-state index contributed by atoms with van der Waals surface area (Å²) < 4.78 is 28.5. The standard InChI is InChI=1S/C7H11NO4S2/c1-12-6(9)7-2-3-8(5-13-4-7)14(7,10)11/h2-5H2,1H3. The van der Waals surface area contributed by atoms with Crippen LogP contribution in [0.15, 0.2) is 0 Å². The summed E-state index contributed by atoms with van der Waals surface area (Å²) in [6, 6.07) is 0. The molecule has 0 amide bonds. The molecule has 2 unspecified atom stereocenters. The number of thioether (sulfide) groups is 1. The van der Waals surface area contributed by atoms with Gasteiger partial charge in [0, 0.05) is 12.3 Å². The van der Waals surface area contributed by atoms with Crippen molar-refractivity contribution in [2.24, 2.45) is 0 Å². The summed E-state index contributed by atoms with van der Waals surface area (Å²) in [4.78, 5) is 11.5. The van der Waals surface area contributed by atoms with Crippen molar-refractivity contribution < 1.29 is 17.9 Å². The highest BCUT2D eigenvalue weighted by Crippen LogP contribution is 2.42. The van der Waals surface area contributed by atoms with E-state index in [1.165, 1.54) is 23.2 Å². The van der Waals surface area contributed by atoms with Crippen LogP contribution in [0.5, 0.6) is 0 Å². The Balaban J connectivity index is 2.48. The smallest absolute Gasteiger partial charge is 0.329 e. The Morgan fingerprint density at radius 3 is 2.93 bits per heavy atom. The van der Waals surface area contributed by atoms with E-state index < -0.39 is 20.7 Å². The molecule has 2 aliphatic heterocycles. The van der Waals surface area contributed by atoms with Gasteiger partial charge in [0.25, 0.3) is 0 Å². The normalized spacial score (nSPS) is 39.4. The Labute approximate surface area is 86.8 Å². The second-order valence-electron chi connectivity index (χ2n) is 3.39. The molecule has 5 nitrogen and oxygen atoms in total. The van der Waals surface area contributed by atoms with Gasteiger partial charge in [0.1, 0.15) is 0 Å². The number of carbonyl (C=O) groups excluding carboxylic acids is 1. The predicted octanol–water partition coefficient (Wildman–Crippen LogP) is -0.362. The molecule has 2 rings (SSSR count). The summed E-state index contributed by atoms with van der Waals surface area (Å²) in [5.74, 6) is 0.159. The molecular formula is C7H11NO4S2. The van der Waals surface area contributed by atoms with E-state index in [4.69, 9.17) is 0 Å². The molecule has 0 aromatic rings. The van der Waals surface area contributed by atoms with Crippen LogP contribution in [0.3, 0.4) is 0 Å². The Bertz CT molecular complexity index is 362. The number of carbonyl (C=O) groups is 1. The molecule has 2 saturated heterocycles. The first-order valence-corrected chi connectivity index (χ1v) is 6.80. The van der Waals surface area contributed by atoms with Gasteiger partial charge in [-0.2, -0.15) is 4.31 Å². The Hall–Kier alpha value is -0.270. The zero-order chi connectivity index (χ0) is 10.4. The first-order valence-electron chi connectivity index (χ1n) is 4.20. The summed E-state index contributed by atoms with van der Waals surface area (Å²) in [5.41, 5.74) is 0. The summed E-state index contributed by atoms with van der Waals surface area (Å²) in [6.45, 7) is 0.435. The number of methoxy groups -OCH3 is 1. The largest absolute Gasteiger partial charge is 0.468 e. The monoisotopic (exact) mass is 237 g/mol. The molecule has 80 valence electrons. The van der Waals surface area contributed by atoms with E-state index >= 15 is 0 Å². The van der Waals surface area contributed by atoms with Crippen LogP contribution in [0.4, 0.5) is 0 Å². The number of hydrogen-bond acceptors (Lipinski definition) is 5. The number of sulfonamides is 1. The molecule has 0 aromatic heterocycles. The number of rotatable bonds is 1. The molecule has 0 spiro atoms. The van der Waals surface area contributed by atoms with Crippen LogP contribution in [0.25, 0.3) is 0 Å². The van der Waals surface area contributed by atoms with Gasteiger partial charge in [-0.05, 0) is 6.42 Å². The summed E-state index contributed by atoms with van der Waals surface area (Å²) in [6.07, 6.45) is 0.356. The minimum atomic E-state index is -3.46. The van der Waals surface area contributed by atoms with Gasteiger partial charge in [-0.1, -0.05) is 0 Å². The molecule has 14 heavy (non-hydrogen) atoms. The third-order valence-electron chi connectivity index (χ3n) is 2.73. The average Bonchev–Trinajstić information content (AvgIpc) is 2.39. The van der Waals surface area contributed by atoms with E-state index in [9.17, 15) is 13.2 Å². The molecule has 2 heterocycles. The second kappa shape index (κ2) is 3.11. The van der Waals surface area contributed by atoms with Crippen LogP contribution in [0.1, 0.15) is 6.42 Å². The van der Waals surface area contributed by atoms with E-state index in [1.54, 1.807) is 0 Å². The van der Waals surface area contributed by atoms with Gasteiger partial charge < -0.3 is 4.74 Å². The minimum Gasteiger partial charge on any atom is -0.468 e. The summed E-state index contributed by atoms with van der Waals surface area (Å²) in [7, 11) is -2.23. The predicted molar refractivity (Wildman–Crippen MR) is 52.3 cm³/mol. The first kappa shape index (κ1) is 10.3. The molecule has 2 aliphatic rings. The average molecular weight is 237 g/mol. The lowest BCUT2D eigenvalue weighted by Gasteiger charge is -2.30. The number of esters is 1. The van der Waals surface area contributed by atoms with Crippen LogP contribution in [-0.4, -0.2) is 48.7 Å². The minimum absolute atomic E-state index is 0.318. The van der Waals surface area contributed by atoms with Gasteiger partial charge in [-0.3, -0.25) is 4.79 Å². The summed E-state index contributed by atoms with van der Waals surface area (Å²) in [5, 5.41) is 0. The van der Waals surface area contributed by atoms with E-state index in [0.29, 0.717) is 24.6 Å². The molecule has 0 aliphatic carbocycles. The fourth-order valence-corrected chi connectivity index (χ4v) is 5.96. The number of hydrogen-bond donors (Lipinski definition) is 0. The maximum atomic E-state index is 11.9. The van der Waals surface area contributed by atoms with Gasteiger partial charge in [0.2, 0.25) is 10.0 Å². The van der Waals surface area contributed by atoms with Gasteiger partial charge in [-0.15, -0.1) is 11.8 Å². The molecule has 7 heteroatoms. The van der Waals surface area contributed by atoms with E-state index in [-0.39, 0.29) is 0 Å². The quantitative estimate of drug-likeness (QED) is 0.583. The summed E-state index contributed by atoms with van der Waals surface area (Å²) >= 11 is 1.46. The van der Waals surface area contributed by atoms with Crippen LogP contribution in [0, 0.1) is 0 Å². The third-order valence-corrected chi connectivity index (χ3v) is 6.76. The maximum absolute atomic E-state index is 11.9. The molecular weight excluding hydrogens is 226 g/mol. The Morgan fingerprint density at radius 2 is 2.29 bits per heavy atom. The lowest BCUT2D eigenvalue weighted by Crippen LogP contribution is -2.51. The Kier molecular flexibility index (Phi) is 2.28. The second-order valence-corrected chi connectivity index (χ2v) is 6.60. The van der Waals surface area contributed by atoms with Gasteiger partial charge in [0.05, 0.1) is 13.0 Å². The topological polar surface area (TPSA) is 63.7 Å². The lowest BCUT2D eigenvalue weighted by molar-refractivity contribution is -0.143. The first-order chi connectivity index (χ1) is 6.54. The number of fused-ring (bicyclic) bond motifs is 2. The fourth-order valence-electron chi connectivity index (χ4n) is 1.85. The fraction of sp³-hybridized carbons (Fsp3) is 0.857. The van der Waals surface area contributed by atoms with Gasteiger partial charge in [0.15, 0.2) is 4.75 Å². The molecule has 2 fully saturated rings. The van der Waals surface area contributed by atoms with Crippen LogP contribution in [-0.2, 0) is 19.6 Å². The third kappa shape index (κ3) is 1.06. The van der Waals surface area contributed by atoms with Crippen molar-refractivity contribution >= 4 is 27.8 Å². The van der Waals surface area contributed by atoms with Crippen molar-refractivity contribution in [1.29, 1.82) is 0 Å². The molecule has 2 atom stereocenters. The Morgan fingerprint density at radius 1 is 1.57 bits per heavy atom. The maximum Gasteiger partial charge on any atom is 0.329 e. The molecule has 2 bridgehead atoms. The van der Waals surface area contributed by atoms with Crippen molar-refractivity contribution in [3.63, 3.8) is 0 Å². The molecule has 0 N–H and O–H groups in total. The highest BCUT2D eigenvalue weighted by atomic mass is 32.2. The molecule has 0 aromatic carbocycles. The van der Waals surface area contributed by atoms with Crippen molar-refractivity contribution in [3.8, 4) is 0 Å². The number of nitrogens with zero attached hydrogens (tertiary/aromatic N) is 1. The highest BCUT2D eigenvalue weighted by Gasteiger charge is 2.61. The van der Waals surface area contributed by atoms with Crippen molar-refractivity contribution in [1.82, 2.24) is 4.31 Å². The van der Waals surface area contributed by atoms with Crippen LogP contribution >= 0.6 is 11.8 Å². The SMILES string of the molecule is COC(=O)C12CCN(CSC1)S2(=O)=O. The van der Waals surface area contributed by atoms with E-state index in [2.05, 4.69) is 4.74 Å². The van der Waals surface area contributed by atoms with Crippen molar-refractivity contribution in [2.45, 2.75) is 11.2 Å². The molecule has 0 radical (unpaired) electrons. The zero-order valence-electron chi connectivity index (χ0n) is 7.73. The van der Waals surface area contributed by atoms with Crippen LogP contribution in [0.2, 0.25) is 0 Å². The molecule has 0 saturated carbocycles. The lowest BCUT2D eigenvalue weighted by atomic mass is 10.1.